The lowest BCUT2D eigenvalue weighted by molar-refractivity contribution is 0.413. The van der Waals surface area contributed by atoms with Crippen LogP contribution < -0.4 is 4.74 Å². The van der Waals surface area contributed by atoms with Crippen molar-refractivity contribution in [3.63, 3.8) is 0 Å². The van der Waals surface area contributed by atoms with Gasteiger partial charge < -0.3 is 9.72 Å². The van der Waals surface area contributed by atoms with Crippen LogP contribution in [-0.2, 0) is 0 Å². The van der Waals surface area contributed by atoms with E-state index in [1.165, 1.54) is 16.3 Å². The lowest BCUT2D eigenvalue weighted by atomic mass is 10.1. The van der Waals surface area contributed by atoms with Crippen molar-refractivity contribution in [2.75, 3.05) is 7.11 Å². The zero-order chi connectivity index (χ0) is 12.0. The summed E-state index contributed by atoms with van der Waals surface area (Å²) in [5, 5.41) is 2.47. The van der Waals surface area contributed by atoms with Crippen LogP contribution >= 0.6 is 15.9 Å². The first-order valence-corrected chi connectivity index (χ1v) is 6.24. The number of benzene rings is 2. The molecule has 0 fully saturated rings. The first kappa shape index (κ1) is 10.7. The van der Waals surface area contributed by atoms with Crippen molar-refractivity contribution in [3.05, 3.63) is 40.4 Å². The van der Waals surface area contributed by atoms with E-state index in [9.17, 15) is 0 Å². The number of aryl methyl sites for hydroxylation is 1. The Balaban J connectivity index is 2.44. The predicted octanol–water partition coefficient (Wildman–Crippen LogP) is 4.40. The van der Waals surface area contributed by atoms with Crippen LogP contribution in [0.3, 0.4) is 0 Å². The third-order valence-electron chi connectivity index (χ3n) is 3.03. The van der Waals surface area contributed by atoms with Crippen molar-refractivity contribution in [1.82, 2.24) is 4.98 Å². The second kappa shape index (κ2) is 3.77. The number of fused-ring (bicyclic) bond motifs is 3. The minimum absolute atomic E-state index is 0.848. The number of methoxy groups -OCH3 is 1. The van der Waals surface area contributed by atoms with Crippen LogP contribution in [-0.4, -0.2) is 12.1 Å². The molecule has 0 atom stereocenters. The molecule has 0 aliphatic carbocycles. The van der Waals surface area contributed by atoms with Gasteiger partial charge in [-0.1, -0.05) is 11.6 Å². The molecular weight excluding hydrogens is 278 g/mol. The normalized spacial score (nSPS) is 11.2. The highest BCUT2D eigenvalue weighted by Gasteiger charge is 2.08. The number of H-pyrrole nitrogens is 1. The second-order valence-corrected chi connectivity index (χ2v) is 5.06. The highest BCUT2D eigenvalue weighted by molar-refractivity contribution is 9.10. The molecule has 17 heavy (non-hydrogen) atoms. The van der Waals surface area contributed by atoms with Crippen LogP contribution in [0.15, 0.2) is 34.8 Å². The topological polar surface area (TPSA) is 25.0 Å². The molecule has 86 valence electrons. The Morgan fingerprint density at radius 1 is 1.06 bits per heavy atom. The van der Waals surface area contributed by atoms with Gasteiger partial charge in [-0.2, -0.15) is 0 Å². The predicted molar refractivity (Wildman–Crippen MR) is 74.8 cm³/mol. The Morgan fingerprint density at radius 2 is 1.82 bits per heavy atom. The van der Waals surface area contributed by atoms with Crippen LogP contribution in [0.4, 0.5) is 0 Å². The van der Waals surface area contributed by atoms with Gasteiger partial charge in [-0.3, -0.25) is 0 Å². The van der Waals surface area contributed by atoms with Crippen molar-refractivity contribution >= 4 is 37.7 Å². The monoisotopic (exact) mass is 289 g/mol. The van der Waals surface area contributed by atoms with Crippen LogP contribution in [0, 0.1) is 6.92 Å². The van der Waals surface area contributed by atoms with E-state index < -0.39 is 0 Å². The lowest BCUT2D eigenvalue weighted by Crippen LogP contribution is -1.83. The van der Waals surface area contributed by atoms with E-state index in [1.54, 1.807) is 7.11 Å². The maximum atomic E-state index is 5.31. The average Bonchev–Trinajstić information content (AvgIpc) is 2.65. The van der Waals surface area contributed by atoms with E-state index in [1.807, 2.05) is 6.07 Å². The highest BCUT2D eigenvalue weighted by atomic mass is 79.9. The van der Waals surface area contributed by atoms with E-state index in [2.05, 4.69) is 52.1 Å². The third kappa shape index (κ3) is 1.62. The molecule has 3 rings (SSSR count). The van der Waals surface area contributed by atoms with E-state index in [0.29, 0.717) is 0 Å². The van der Waals surface area contributed by atoms with Gasteiger partial charge in [0, 0.05) is 22.4 Å². The molecule has 1 aromatic heterocycles. The van der Waals surface area contributed by atoms with Crippen LogP contribution in [0.25, 0.3) is 21.8 Å². The number of hydrogen-bond acceptors (Lipinski definition) is 1. The van der Waals surface area contributed by atoms with Crippen LogP contribution in [0.2, 0.25) is 0 Å². The quantitative estimate of drug-likeness (QED) is 0.706. The summed E-state index contributed by atoms with van der Waals surface area (Å²) in [7, 11) is 1.68. The molecule has 0 saturated carbocycles. The Labute approximate surface area is 108 Å². The van der Waals surface area contributed by atoms with Gasteiger partial charge in [-0.15, -0.1) is 0 Å². The number of aromatic amines is 1. The molecule has 0 radical (unpaired) electrons. The van der Waals surface area contributed by atoms with Gasteiger partial charge in [0.25, 0.3) is 0 Å². The summed E-state index contributed by atoms with van der Waals surface area (Å²) in [6.07, 6.45) is 0. The molecular formula is C14H12BrNO. The Kier molecular flexibility index (Phi) is 2.37. The second-order valence-electron chi connectivity index (χ2n) is 4.21. The van der Waals surface area contributed by atoms with E-state index in [0.717, 1.165) is 21.3 Å². The van der Waals surface area contributed by atoms with Gasteiger partial charge in [-0.05, 0) is 41.1 Å². The average molecular weight is 290 g/mol. The summed E-state index contributed by atoms with van der Waals surface area (Å²) in [5.41, 5.74) is 3.53. The Bertz CT molecular complexity index is 715. The van der Waals surface area contributed by atoms with Gasteiger partial charge in [0.1, 0.15) is 5.75 Å². The molecule has 3 heteroatoms. The third-order valence-corrected chi connectivity index (χ3v) is 3.65. The summed E-state index contributed by atoms with van der Waals surface area (Å²) in [5.74, 6) is 0.848. The molecule has 0 saturated heterocycles. The minimum atomic E-state index is 0.848. The fraction of sp³-hybridized carbons (Fsp3) is 0.143. The molecule has 0 spiro atoms. The minimum Gasteiger partial charge on any atom is -0.495 e. The lowest BCUT2D eigenvalue weighted by Gasteiger charge is -2.02. The van der Waals surface area contributed by atoms with Gasteiger partial charge >= 0.3 is 0 Å². The largest absolute Gasteiger partial charge is 0.495 e. The first-order chi connectivity index (χ1) is 8.19. The molecule has 1 heterocycles. The molecule has 0 aliphatic rings. The number of halogens is 1. The van der Waals surface area contributed by atoms with Gasteiger partial charge in [-0.25, -0.2) is 0 Å². The van der Waals surface area contributed by atoms with Crippen molar-refractivity contribution in [2.45, 2.75) is 6.92 Å². The SMILES string of the molecule is COc1cc2[nH]c3ccc(C)cc3c2cc1Br. The van der Waals surface area contributed by atoms with Gasteiger partial charge in [0.05, 0.1) is 17.1 Å². The van der Waals surface area contributed by atoms with E-state index in [4.69, 9.17) is 4.74 Å². The number of hydrogen-bond donors (Lipinski definition) is 1. The fourth-order valence-corrected chi connectivity index (χ4v) is 2.68. The zero-order valence-corrected chi connectivity index (χ0v) is 11.3. The molecule has 0 amide bonds. The van der Waals surface area contributed by atoms with Crippen molar-refractivity contribution in [3.8, 4) is 5.75 Å². The summed E-state index contributed by atoms with van der Waals surface area (Å²) in [6, 6.07) is 10.6. The van der Waals surface area contributed by atoms with E-state index >= 15 is 0 Å². The number of rotatable bonds is 1. The molecule has 0 aliphatic heterocycles. The highest BCUT2D eigenvalue weighted by Crippen LogP contribution is 2.34. The van der Waals surface area contributed by atoms with Crippen molar-refractivity contribution < 1.29 is 4.74 Å². The van der Waals surface area contributed by atoms with Gasteiger partial charge in [0.2, 0.25) is 0 Å². The smallest absolute Gasteiger partial charge is 0.135 e. The summed E-state index contributed by atoms with van der Waals surface area (Å²) in [4.78, 5) is 3.41. The van der Waals surface area contributed by atoms with Crippen molar-refractivity contribution in [2.24, 2.45) is 0 Å². The molecule has 0 unspecified atom stereocenters. The first-order valence-electron chi connectivity index (χ1n) is 5.44. The fourth-order valence-electron chi connectivity index (χ4n) is 2.17. The van der Waals surface area contributed by atoms with Crippen LogP contribution in [0.1, 0.15) is 5.56 Å². The Hall–Kier alpha value is -1.48. The number of nitrogens with one attached hydrogen (secondary N) is 1. The molecule has 0 bridgehead atoms. The number of ether oxygens (including phenoxy) is 1. The summed E-state index contributed by atoms with van der Waals surface area (Å²) in [6.45, 7) is 2.11. The molecule has 1 N–H and O–H groups in total. The summed E-state index contributed by atoms with van der Waals surface area (Å²) < 4.78 is 6.29. The van der Waals surface area contributed by atoms with Gasteiger partial charge in [0.15, 0.2) is 0 Å². The molecule has 3 aromatic rings. The zero-order valence-electron chi connectivity index (χ0n) is 9.67. The summed E-state index contributed by atoms with van der Waals surface area (Å²) >= 11 is 3.53. The standard InChI is InChI=1S/C14H12BrNO/c1-8-3-4-12-9(5-8)10-6-11(15)14(17-2)7-13(10)16-12/h3-7,16H,1-2H3. The Morgan fingerprint density at radius 3 is 2.59 bits per heavy atom. The van der Waals surface area contributed by atoms with E-state index in [-0.39, 0.29) is 0 Å². The van der Waals surface area contributed by atoms with Crippen LogP contribution in [0.5, 0.6) is 5.75 Å². The molecule has 2 nitrogen and oxygen atoms in total. The number of aromatic nitrogens is 1. The maximum Gasteiger partial charge on any atom is 0.135 e. The van der Waals surface area contributed by atoms with Crippen molar-refractivity contribution in [1.29, 1.82) is 0 Å². The molecule has 2 aromatic carbocycles. The maximum absolute atomic E-state index is 5.31.